The maximum Gasteiger partial charge on any atom is 0.246 e. The number of likely N-dealkylation sites (N-methyl/N-ethyl adjacent to an activating group) is 1. The molecule has 74 valence electrons. The van der Waals surface area contributed by atoms with Gasteiger partial charge in [0.15, 0.2) is 0 Å². The summed E-state index contributed by atoms with van der Waals surface area (Å²) < 4.78 is 0. The number of amides is 1. The molecule has 1 aliphatic heterocycles. The van der Waals surface area contributed by atoms with E-state index in [1.165, 1.54) is 11.0 Å². The van der Waals surface area contributed by atoms with E-state index in [4.69, 9.17) is 0 Å². The Morgan fingerprint density at radius 1 is 1.69 bits per heavy atom. The topological polar surface area (TPSA) is 24.8 Å². The van der Waals surface area contributed by atoms with Crippen LogP contribution in [-0.2, 0) is 4.79 Å². The fourth-order valence-corrected chi connectivity index (χ4v) is 1.93. The molecule has 1 saturated heterocycles. The maximum atomic E-state index is 11.4. The lowest BCUT2D eigenvalue weighted by Gasteiger charge is -2.24. The summed E-state index contributed by atoms with van der Waals surface area (Å²) in [6, 6.07) is 0.426. The lowest BCUT2D eigenvalue weighted by Crippen LogP contribution is -3.07. The second-order valence-electron chi connectivity index (χ2n) is 3.94. The van der Waals surface area contributed by atoms with Crippen molar-refractivity contribution in [2.24, 2.45) is 0 Å². The van der Waals surface area contributed by atoms with Crippen molar-refractivity contribution in [3.8, 4) is 0 Å². The van der Waals surface area contributed by atoms with E-state index in [-0.39, 0.29) is 5.91 Å². The molecule has 3 nitrogen and oxygen atoms in total. The summed E-state index contributed by atoms with van der Waals surface area (Å²) in [6.45, 7) is 5.47. The van der Waals surface area contributed by atoms with Crippen molar-refractivity contribution in [2.75, 3.05) is 27.2 Å². The van der Waals surface area contributed by atoms with Crippen molar-refractivity contribution in [2.45, 2.75) is 18.9 Å². The molecule has 1 N–H and O–H groups in total. The van der Waals surface area contributed by atoms with Gasteiger partial charge in [-0.3, -0.25) is 4.79 Å². The molecule has 1 rings (SSSR count). The van der Waals surface area contributed by atoms with Crippen LogP contribution in [-0.4, -0.2) is 44.0 Å². The number of rotatable bonds is 3. The van der Waals surface area contributed by atoms with Gasteiger partial charge in [0.05, 0.1) is 26.7 Å². The van der Waals surface area contributed by atoms with Crippen LogP contribution in [0.15, 0.2) is 12.7 Å². The molecule has 0 radical (unpaired) electrons. The molecule has 1 unspecified atom stereocenters. The molecule has 3 heteroatoms. The zero-order valence-electron chi connectivity index (χ0n) is 8.55. The number of nitrogens with one attached hydrogen (secondary N) is 1. The minimum absolute atomic E-state index is 0.0868. The van der Waals surface area contributed by atoms with Crippen molar-refractivity contribution in [1.29, 1.82) is 0 Å². The van der Waals surface area contributed by atoms with Gasteiger partial charge in [-0.05, 0) is 18.9 Å². The first-order valence-electron chi connectivity index (χ1n) is 4.87. The van der Waals surface area contributed by atoms with Gasteiger partial charge in [0.1, 0.15) is 0 Å². The molecule has 0 aromatic rings. The van der Waals surface area contributed by atoms with Crippen LogP contribution in [0, 0.1) is 0 Å². The lowest BCUT2D eigenvalue weighted by molar-refractivity contribution is -0.860. The minimum Gasteiger partial charge on any atom is -0.338 e. The Hall–Kier alpha value is -0.830. The van der Waals surface area contributed by atoms with Gasteiger partial charge in [-0.25, -0.2) is 0 Å². The van der Waals surface area contributed by atoms with Crippen LogP contribution in [0.25, 0.3) is 0 Å². The monoisotopic (exact) mass is 183 g/mol. The molecular weight excluding hydrogens is 164 g/mol. The van der Waals surface area contributed by atoms with E-state index in [1.54, 1.807) is 0 Å². The first kappa shape index (κ1) is 10.3. The molecule has 0 aromatic carbocycles. The molecule has 0 aromatic heterocycles. The van der Waals surface area contributed by atoms with E-state index < -0.39 is 0 Å². The van der Waals surface area contributed by atoms with Crippen molar-refractivity contribution < 1.29 is 9.69 Å². The van der Waals surface area contributed by atoms with E-state index in [0.717, 1.165) is 25.9 Å². The average Bonchev–Trinajstić information content (AvgIpc) is 2.50. The summed E-state index contributed by atoms with van der Waals surface area (Å²) in [4.78, 5) is 14.7. The number of carbonyl (C=O) groups excluding carboxylic acids is 1. The Morgan fingerprint density at radius 3 is 2.92 bits per heavy atom. The summed E-state index contributed by atoms with van der Waals surface area (Å²) in [5.41, 5.74) is 0. The second kappa shape index (κ2) is 4.42. The molecule has 1 heterocycles. The third kappa shape index (κ3) is 2.56. The van der Waals surface area contributed by atoms with Crippen LogP contribution in [0.4, 0.5) is 0 Å². The molecule has 0 aliphatic carbocycles. The average molecular weight is 183 g/mol. The van der Waals surface area contributed by atoms with E-state index in [9.17, 15) is 4.79 Å². The first-order chi connectivity index (χ1) is 6.15. The summed E-state index contributed by atoms with van der Waals surface area (Å²) in [7, 11) is 4.24. The summed E-state index contributed by atoms with van der Waals surface area (Å²) in [6.07, 6.45) is 3.70. The highest BCUT2D eigenvalue weighted by Crippen LogP contribution is 2.15. The smallest absolute Gasteiger partial charge is 0.246 e. The van der Waals surface area contributed by atoms with Gasteiger partial charge < -0.3 is 9.80 Å². The van der Waals surface area contributed by atoms with Crippen LogP contribution in [0.2, 0.25) is 0 Å². The predicted octanol–water partition coefficient (Wildman–Crippen LogP) is -0.692. The van der Waals surface area contributed by atoms with E-state index in [0.29, 0.717) is 6.04 Å². The third-order valence-electron chi connectivity index (χ3n) is 2.48. The molecule has 0 spiro atoms. The summed E-state index contributed by atoms with van der Waals surface area (Å²) >= 11 is 0. The van der Waals surface area contributed by atoms with Crippen molar-refractivity contribution in [3.05, 3.63) is 12.7 Å². The summed E-state index contributed by atoms with van der Waals surface area (Å²) in [5, 5.41) is 0. The zero-order chi connectivity index (χ0) is 9.84. The lowest BCUT2D eigenvalue weighted by atomic mass is 10.2. The molecule has 0 saturated carbocycles. The summed E-state index contributed by atoms with van der Waals surface area (Å²) in [5.74, 6) is 0.0868. The number of quaternary nitrogens is 1. The van der Waals surface area contributed by atoms with E-state index >= 15 is 0 Å². The molecule has 1 amide bonds. The highest BCUT2D eigenvalue weighted by molar-refractivity contribution is 5.87. The standard InChI is InChI=1S/C10H18N2O/c1-4-10(13)12-7-5-6-9(12)8-11(2)3/h4,9H,1,5-8H2,2-3H3/p+1. The number of hydrogen-bond acceptors (Lipinski definition) is 1. The molecule has 1 atom stereocenters. The minimum atomic E-state index is 0.0868. The molecule has 13 heavy (non-hydrogen) atoms. The number of hydrogen-bond donors (Lipinski definition) is 1. The Kier molecular flexibility index (Phi) is 3.48. The Morgan fingerprint density at radius 2 is 2.38 bits per heavy atom. The van der Waals surface area contributed by atoms with Gasteiger partial charge in [-0.2, -0.15) is 0 Å². The van der Waals surface area contributed by atoms with Gasteiger partial charge >= 0.3 is 0 Å². The highest BCUT2D eigenvalue weighted by Gasteiger charge is 2.28. The van der Waals surface area contributed by atoms with Gasteiger partial charge in [0.2, 0.25) is 5.91 Å². The van der Waals surface area contributed by atoms with Crippen molar-refractivity contribution >= 4 is 5.91 Å². The zero-order valence-corrected chi connectivity index (χ0v) is 8.55. The number of carbonyl (C=O) groups is 1. The van der Waals surface area contributed by atoms with Gasteiger partial charge in [-0.1, -0.05) is 6.58 Å². The van der Waals surface area contributed by atoms with Gasteiger partial charge in [-0.15, -0.1) is 0 Å². The molecule has 0 bridgehead atoms. The van der Waals surface area contributed by atoms with Crippen molar-refractivity contribution in [3.63, 3.8) is 0 Å². The van der Waals surface area contributed by atoms with Crippen LogP contribution in [0.5, 0.6) is 0 Å². The van der Waals surface area contributed by atoms with Crippen LogP contribution in [0.3, 0.4) is 0 Å². The van der Waals surface area contributed by atoms with Crippen LogP contribution >= 0.6 is 0 Å². The second-order valence-corrected chi connectivity index (χ2v) is 3.94. The van der Waals surface area contributed by atoms with Crippen LogP contribution in [0.1, 0.15) is 12.8 Å². The Balaban J connectivity index is 2.53. The third-order valence-corrected chi connectivity index (χ3v) is 2.48. The molecule has 1 aliphatic rings. The predicted molar refractivity (Wildman–Crippen MR) is 52.6 cm³/mol. The quantitative estimate of drug-likeness (QED) is 0.575. The van der Waals surface area contributed by atoms with Gasteiger partial charge in [0.25, 0.3) is 0 Å². The first-order valence-corrected chi connectivity index (χ1v) is 4.87. The highest BCUT2D eigenvalue weighted by atomic mass is 16.2. The molecule has 1 fully saturated rings. The largest absolute Gasteiger partial charge is 0.338 e. The van der Waals surface area contributed by atoms with Crippen molar-refractivity contribution in [1.82, 2.24) is 4.90 Å². The van der Waals surface area contributed by atoms with E-state index in [1.807, 2.05) is 4.90 Å². The van der Waals surface area contributed by atoms with E-state index in [2.05, 4.69) is 20.7 Å². The SMILES string of the molecule is C=CC(=O)N1CCCC1C[NH+](C)C. The fraction of sp³-hybridized carbons (Fsp3) is 0.700. The Bertz CT molecular complexity index is 201. The Labute approximate surface area is 80.0 Å². The molecular formula is C10H19N2O+. The van der Waals surface area contributed by atoms with Crippen LogP contribution < -0.4 is 4.90 Å². The maximum absolute atomic E-state index is 11.4. The number of nitrogens with zero attached hydrogens (tertiary/aromatic N) is 1. The van der Waals surface area contributed by atoms with Gasteiger partial charge in [0, 0.05) is 6.54 Å². The fourth-order valence-electron chi connectivity index (χ4n) is 1.93. The normalized spacial score (nSPS) is 22.4. The number of likely N-dealkylation sites (tertiary alicyclic amines) is 1.